The Balaban J connectivity index is 1.23. The molecule has 0 radical (unpaired) electrons. The van der Waals surface area contributed by atoms with Crippen molar-refractivity contribution < 1.29 is 0 Å². The van der Waals surface area contributed by atoms with Gasteiger partial charge < -0.3 is 9.13 Å². The summed E-state index contributed by atoms with van der Waals surface area (Å²) in [5.41, 5.74) is 22.6. The summed E-state index contributed by atoms with van der Waals surface area (Å²) in [6.07, 6.45) is 3.74. The van der Waals surface area contributed by atoms with Crippen molar-refractivity contribution >= 4 is 43.6 Å². The largest absolute Gasteiger partial charge is 0.308 e. The highest BCUT2D eigenvalue weighted by Gasteiger charge is 2.25. The van der Waals surface area contributed by atoms with Crippen molar-refractivity contribution in [2.75, 3.05) is 0 Å². The van der Waals surface area contributed by atoms with Crippen LogP contribution in [0.25, 0.3) is 111 Å². The Morgan fingerprint density at radius 1 is 0.324 bits per heavy atom. The molecule has 9 aromatic carbocycles. The Bertz CT molecular complexity index is 3520. The molecule has 0 spiro atoms. The highest BCUT2D eigenvalue weighted by atomic mass is 15.0. The lowest BCUT2D eigenvalue weighted by molar-refractivity contribution is 1.13. The van der Waals surface area contributed by atoms with Crippen LogP contribution in [0.15, 0.2) is 207 Å². The molecule has 0 N–H and O–H groups in total. The van der Waals surface area contributed by atoms with E-state index in [0.29, 0.717) is 5.56 Å². The number of fused-ring (bicyclic) bond motifs is 6. The summed E-state index contributed by atoms with van der Waals surface area (Å²) in [4.78, 5) is 4.53. The molecule has 0 aliphatic heterocycles. The van der Waals surface area contributed by atoms with Gasteiger partial charge in [0.25, 0.3) is 0 Å². The zero-order valence-corrected chi connectivity index (χ0v) is 38.4. The molecule has 0 aliphatic rings. The van der Waals surface area contributed by atoms with Gasteiger partial charge in [0, 0.05) is 39.5 Å². The molecule has 0 amide bonds. The summed E-state index contributed by atoms with van der Waals surface area (Å²) >= 11 is 0. The van der Waals surface area contributed by atoms with Gasteiger partial charge >= 0.3 is 0 Å². The van der Waals surface area contributed by atoms with Crippen molar-refractivity contribution in [1.29, 1.82) is 5.26 Å². The van der Waals surface area contributed by atoms with Crippen LogP contribution in [0.5, 0.6) is 0 Å². The van der Waals surface area contributed by atoms with E-state index in [1.165, 1.54) is 22.3 Å². The van der Waals surface area contributed by atoms with Crippen molar-refractivity contribution in [3.63, 3.8) is 0 Å². The van der Waals surface area contributed by atoms with Gasteiger partial charge in [0.15, 0.2) is 0 Å². The number of aryl methyl sites for hydroxylation is 4. The topological polar surface area (TPSA) is 46.5 Å². The Morgan fingerprint density at radius 2 is 0.603 bits per heavy atom. The van der Waals surface area contributed by atoms with Crippen LogP contribution in [0.3, 0.4) is 0 Å². The van der Waals surface area contributed by atoms with Gasteiger partial charge in [-0.05, 0) is 126 Å². The normalized spacial score (nSPS) is 11.5. The Kier molecular flexibility index (Phi) is 9.74. The lowest BCUT2D eigenvalue weighted by atomic mass is 9.98. The predicted molar refractivity (Wildman–Crippen MR) is 284 cm³/mol. The van der Waals surface area contributed by atoms with Crippen molar-refractivity contribution in [2.45, 2.75) is 27.7 Å². The van der Waals surface area contributed by atoms with E-state index < -0.39 is 0 Å². The second-order valence-electron chi connectivity index (χ2n) is 18.3. The summed E-state index contributed by atoms with van der Waals surface area (Å²) in [7, 11) is 0. The molecule has 0 bridgehead atoms. The molecule has 0 unspecified atom stereocenters. The minimum atomic E-state index is 0.562. The zero-order valence-electron chi connectivity index (χ0n) is 38.4. The molecule has 0 aliphatic carbocycles. The molecule has 0 fully saturated rings. The molecular weight excluding hydrogens is 825 g/mol. The smallest absolute Gasteiger partial charge is 0.0993 e. The molecule has 3 aromatic heterocycles. The number of rotatable bonds is 7. The first-order chi connectivity index (χ1) is 33.3. The second-order valence-corrected chi connectivity index (χ2v) is 18.3. The molecular formula is C64H46N4. The highest BCUT2D eigenvalue weighted by Crippen LogP contribution is 2.45. The van der Waals surface area contributed by atoms with Crippen molar-refractivity contribution in [3.05, 3.63) is 234 Å². The average molecular weight is 871 g/mol. The third-order valence-electron chi connectivity index (χ3n) is 13.8. The van der Waals surface area contributed by atoms with Gasteiger partial charge in [-0.25, -0.2) is 0 Å². The number of hydrogen-bond acceptors (Lipinski definition) is 2. The zero-order chi connectivity index (χ0) is 46.0. The molecule has 0 saturated carbocycles. The summed E-state index contributed by atoms with van der Waals surface area (Å²) in [6.45, 7) is 8.50. The van der Waals surface area contributed by atoms with E-state index in [0.717, 1.165) is 111 Å². The van der Waals surface area contributed by atoms with E-state index in [2.05, 4.69) is 242 Å². The maximum atomic E-state index is 11.2. The van der Waals surface area contributed by atoms with Gasteiger partial charge in [0.1, 0.15) is 0 Å². The third-order valence-corrected chi connectivity index (χ3v) is 13.8. The molecule has 12 rings (SSSR count). The average Bonchev–Trinajstić information content (AvgIpc) is 3.88. The summed E-state index contributed by atoms with van der Waals surface area (Å²) in [5, 5.41) is 15.7. The standard InChI is InChI=1S/C64H46N4/c1-40-5-13-45(14-6-40)50-21-25-54-55-26-22-51(46-15-7-41(2)8-16-46)36-59(55)67(58(54)35-50)62-33-44(39-65)34-63(64(62)49-29-31-66-32-30-49)68-60-37-52(47-17-9-42(3)10-18-47)23-27-56(60)57-28-24-53(38-61(57)68)48-19-11-43(4)12-20-48/h5-38H,1-4H3. The minimum Gasteiger partial charge on any atom is -0.308 e. The SMILES string of the molecule is Cc1ccc(-c2ccc3c4ccc(-c5ccc(C)cc5)cc4n(-c4cc(C#N)cc(-n5c6cc(-c7ccc(C)cc7)ccc6c6ccc(-c7ccc(C)cc7)cc65)c4-c4ccncc4)c3c2)cc1. The Labute approximate surface area is 396 Å². The van der Waals surface area contributed by atoms with Crippen LogP contribution in [0.2, 0.25) is 0 Å². The van der Waals surface area contributed by atoms with Crippen LogP contribution in [0.4, 0.5) is 0 Å². The van der Waals surface area contributed by atoms with Crippen LogP contribution in [0.1, 0.15) is 27.8 Å². The van der Waals surface area contributed by atoms with Gasteiger partial charge in [0.2, 0.25) is 0 Å². The fourth-order valence-electron chi connectivity index (χ4n) is 10.1. The van der Waals surface area contributed by atoms with Gasteiger partial charge in [0.05, 0.1) is 45.1 Å². The van der Waals surface area contributed by atoms with E-state index in [-0.39, 0.29) is 0 Å². The van der Waals surface area contributed by atoms with Crippen LogP contribution in [-0.4, -0.2) is 14.1 Å². The predicted octanol–water partition coefficient (Wildman–Crippen LogP) is 16.7. The maximum Gasteiger partial charge on any atom is 0.0993 e. The number of aromatic nitrogens is 3. The lowest BCUT2D eigenvalue weighted by Gasteiger charge is -2.21. The fourth-order valence-corrected chi connectivity index (χ4v) is 10.1. The molecule has 0 atom stereocenters. The highest BCUT2D eigenvalue weighted by molar-refractivity contribution is 6.14. The van der Waals surface area contributed by atoms with Crippen LogP contribution >= 0.6 is 0 Å². The number of pyridine rings is 1. The fraction of sp³-hybridized carbons (Fsp3) is 0.0625. The number of hydrogen-bond donors (Lipinski definition) is 0. The molecule has 68 heavy (non-hydrogen) atoms. The van der Waals surface area contributed by atoms with E-state index >= 15 is 0 Å². The van der Waals surface area contributed by atoms with Crippen molar-refractivity contribution in [3.8, 4) is 73.1 Å². The lowest BCUT2D eigenvalue weighted by Crippen LogP contribution is -2.05. The number of nitrogens with zero attached hydrogens (tertiary/aromatic N) is 4. The summed E-state index contributed by atoms with van der Waals surface area (Å²) in [6, 6.07) is 73.3. The van der Waals surface area contributed by atoms with Gasteiger partial charge in [-0.2, -0.15) is 5.26 Å². The molecule has 0 saturated heterocycles. The quantitative estimate of drug-likeness (QED) is 0.160. The monoisotopic (exact) mass is 870 g/mol. The molecule has 3 heterocycles. The Morgan fingerprint density at radius 3 is 0.882 bits per heavy atom. The Hall–Kier alpha value is -8.78. The van der Waals surface area contributed by atoms with Gasteiger partial charge in [-0.3, -0.25) is 4.98 Å². The van der Waals surface area contributed by atoms with Gasteiger partial charge in [-0.15, -0.1) is 0 Å². The minimum absolute atomic E-state index is 0.562. The molecule has 4 heteroatoms. The molecule has 4 nitrogen and oxygen atoms in total. The second kappa shape index (κ2) is 16.3. The van der Waals surface area contributed by atoms with E-state index in [1.54, 1.807) is 0 Å². The van der Waals surface area contributed by atoms with Crippen LogP contribution < -0.4 is 0 Å². The first-order valence-corrected chi connectivity index (χ1v) is 23.2. The number of benzene rings is 9. The number of nitriles is 1. The molecule has 12 aromatic rings. The van der Waals surface area contributed by atoms with E-state index in [4.69, 9.17) is 0 Å². The first kappa shape index (κ1) is 40.7. The first-order valence-electron chi connectivity index (χ1n) is 23.2. The van der Waals surface area contributed by atoms with E-state index in [1.807, 2.05) is 12.4 Å². The summed E-state index contributed by atoms with van der Waals surface area (Å²) < 4.78 is 4.81. The van der Waals surface area contributed by atoms with Gasteiger partial charge in [-0.1, -0.05) is 168 Å². The maximum absolute atomic E-state index is 11.2. The van der Waals surface area contributed by atoms with E-state index in [9.17, 15) is 5.26 Å². The molecule has 322 valence electrons. The van der Waals surface area contributed by atoms with Crippen LogP contribution in [0, 0.1) is 39.0 Å². The van der Waals surface area contributed by atoms with Crippen molar-refractivity contribution in [2.24, 2.45) is 0 Å². The third kappa shape index (κ3) is 6.96. The van der Waals surface area contributed by atoms with Crippen LogP contribution in [-0.2, 0) is 0 Å². The summed E-state index contributed by atoms with van der Waals surface area (Å²) in [5.74, 6) is 0. The van der Waals surface area contributed by atoms with Crippen molar-refractivity contribution in [1.82, 2.24) is 14.1 Å².